The molecule has 0 saturated carbocycles. The Morgan fingerprint density at radius 3 is 2.38 bits per heavy atom. The summed E-state index contributed by atoms with van der Waals surface area (Å²) in [4.78, 5) is 20.1. The first-order valence-electron chi connectivity index (χ1n) is 12.0. The van der Waals surface area contributed by atoms with Gasteiger partial charge in [-0.1, -0.05) is 11.2 Å². The van der Waals surface area contributed by atoms with E-state index in [4.69, 9.17) is 30.1 Å². The number of piperazine rings is 1. The summed E-state index contributed by atoms with van der Waals surface area (Å²) in [5, 5.41) is 7.02. The van der Waals surface area contributed by atoms with Crippen molar-refractivity contribution in [3.63, 3.8) is 0 Å². The zero-order valence-corrected chi connectivity index (χ0v) is 23.5. The molecule has 0 radical (unpaired) electrons. The normalized spacial score (nSPS) is 13.7. The number of carbonyl (C=O) groups is 1. The van der Waals surface area contributed by atoms with Gasteiger partial charge in [-0.15, -0.1) is 17.8 Å². The molecule has 1 saturated heterocycles. The zero-order valence-electron chi connectivity index (χ0n) is 21.8. The van der Waals surface area contributed by atoms with Crippen LogP contribution in [0.2, 0.25) is 0 Å². The highest BCUT2D eigenvalue weighted by molar-refractivity contribution is 7.93. The Morgan fingerprint density at radius 2 is 1.75 bits per heavy atom. The molecule has 0 spiro atoms. The van der Waals surface area contributed by atoms with E-state index < -0.39 is 10.0 Å². The SMILES string of the molecule is C#CC(=O)N1CCN(c2nc(-c3cc(OC)c4c(NS(=O)(=O)c5c(OC)cccc5OC)noc4c3)cs2)CC1. The van der Waals surface area contributed by atoms with Gasteiger partial charge < -0.3 is 28.5 Å². The molecule has 0 unspecified atom stereocenters. The van der Waals surface area contributed by atoms with Crippen molar-refractivity contribution >= 4 is 49.2 Å². The van der Waals surface area contributed by atoms with Gasteiger partial charge in [-0.3, -0.25) is 9.52 Å². The Morgan fingerprint density at radius 1 is 1.07 bits per heavy atom. The van der Waals surface area contributed by atoms with E-state index in [1.807, 2.05) is 5.38 Å². The second-order valence-electron chi connectivity index (χ2n) is 8.62. The molecule has 2 aromatic heterocycles. The van der Waals surface area contributed by atoms with Crippen molar-refractivity contribution in [3.8, 4) is 40.8 Å². The van der Waals surface area contributed by atoms with E-state index in [2.05, 4.69) is 20.7 Å². The molecule has 0 bridgehead atoms. The molecule has 3 heterocycles. The van der Waals surface area contributed by atoms with Crippen molar-refractivity contribution in [1.29, 1.82) is 0 Å². The summed E-state index contributed by atoms with van der Waals surface area (Å²) >= 11 is 1.47. The lowest BCUT2D eigenvalue weighted by Crippen LogP contribution is -2.48. The molecule has 1 N–H and O–H groups in total. The summed E-state index contributed by atoms with van der Waals surface area (Å²) in [5.41, 5.74) is 1.68. The number of anilines is 2. The molecule has 5 rings (SSSR count). The Hall–Kier alpha value is -4.48. The van der Waals surface area contributed by atoms with Gasteiger partial charge in [0.05, 0.1) is 27.0 Å². The lowest BCUT2D eigenvalue weighted by atomic mass is 10.1. The number of methoxy groups -OCH3 is 3. The highest BCUT2D eigenvalue weighted by Gasteiger charge is 2.28. The number of terminal acetylenes is 1. The number of aromatic nitrogens is 2. The van der Waals surface area contributed by atoms with Gasteiger partial charge in [-0.2, -0.15) is 0 Å². The maximum atomic E-state index is 13.4. The minimum Gasteiger partial charge on any atom is -0.496 e. The van der Waals surface area contributed by atoms with Crippen LogP contribution >= 0.6 is 11.3 Å². The third-order valence-electron chi connectivity index (χ3n) is 6.39. The third-order valence-corrected chi connectivity index (χ3v) is 8.69. The Balaban J connectivity index is 1.43. The van der Waals surface area contributed by atoms with Crippen LogP contribution in [0.4, 0.5) is 10.9 Å². The molecule has 12 nitrogen and oxygen atoms in total. The molecule has 40 heavy (non-hydrogen) atoms. The minimum absolute atomic E-state index is 0.0512. The fourth-order valence-corrected chi connectivity index (χ4v) is 6.63. The second-order valence-corrected chi connectivity index (χ2v) is 11.1. The molecular weight excluding hydrogens is 558 g/mol. The van der Waals surface area contributed by atoms with E-state index in [1.54, 1.807) is 23.1 Å². The number of ether oxygens (including phenoxy) is 3. The van der Waals surface area contributed by atoms with E-state index in [0.717, 1.165) is 5.13 Å². The van der Waals surface area contributed by atoms with Gasteiger partial charge in [0, 0.05) is 37.1 Å². The molecule has 4 aromatic rings. The summed E-state index contributed by atoms with van der Waals surface area (Å²) in [5.74, 6) is 2.35. The van der Waals surface area contributed by atoms with Gasteiger partial charge in [-0.25, -0.2) is 13.4 Å². The van der Waals surface area contributed by atoms with Gasteiger partial charge in [0.15, 0.2) is 21.4 Å². The van der Waals surface area contributed by atoms with Crippen molar-refractivity contribution in [1.82, 2.24) is 15.0 Å². The number of rotatable bonds is 8. The maximum absolute atomic E-state index is 13.4. The Bertz CT molecular complexity index is 1690. The van der Waals surface area contributed by atoms with Crippen LogP contribution in [0.3, 0.4) is 0 Å². The van der Waals surface area contributed by atoms with Gasteiger partial charge in [0.1, 0.15) is 22.6 Å². The van der Waals surface area contributed by atoms with Gasteiger partial charge in [0.2, 0.25) is 0 Å². The van der Waals surface area contributed by atoms with Crippen molar-refractivity contribution in [2.24, 2.45) is 0 Å². The number of sulfonamides is 1. The van der Waals surface area contributed by atoms with Crippen LogP contribution in [0.5, 0.6) is 17.2 Å². The number of benzene rings is 2. The average molecular weight is 584 g/mol. The molecule has 1 fully saturated rings. The van der Waals surface area contributed by atoms with Crippen LogP contribution in [0.15, 0.2) is 45.1 Å². The van der Waals surface area contributed by atoms with Gasteiger partial charge in [0.25, 0.3) is 15.9 Å². The zero-order chi connectivity index (χ0) is 28.4. The molecule has 1 aliphatic rings. The van der Waals surface area contributed by atoms with Crippen LogP contribution < -0.4 is 23.8 Å². The van der Waals surface area contributed by atoms with E-state index in [-0.39, 0.29) is 28.1 Å². The van der Waals surface area contributed by atoms with E-state index >= 15 is 0 Å². The summed E-state index contributed by atoms with van der Waals surface area (Å²) in [7, 11) is 0.00945. The smallest absolute Gasteiger partial charge is 0.298 e. The standard InChI is InChI=1S/C26H25N5O7S2/c1-5-22(32)30-9-11-31(12-10-30)26-27-17(15-39-26)16-13-20(37-4)23-21(14-16)38-28-25(23)29-40(33,34)24-18(35-2)7-6-8-19(24)36-3/h1,6-8,13-15H,9-12H2,2-4H3,(H,28,29). The highest BCUT2D eigenvalue weighted by atomic mass is 32.2. The predicted octanol–water partition coefficient (Wildman–Crippen LogP) is 3.06. The average Bonchev–Trinajstić information content (AvgIpc) is 3.63. The monoisotopic (exact) mass is 583 g/mol. The number of carbonyl (C=O) groups excluding carboxylic acids is 1. The maximum Gasteiger partial charge on any atom is 0.298 e. The minimum atomic E-state index is -4.20. The molecule has 0 atom stereocenters. The van der Waals surface area contributed by atoms with Gasteiger partial charge >= 0.3 is 0 Å². The Labute approximate surface area is 234 Å². The molecule has 208 valence electrons. The number of hydrogen-bond donors (Lipinski definition) is 1. The lowest BCUT2D eigenvalue weighted by molar-refractivity contribution is -0.125. The van der Waals surface area contributed by atoms with Crippen molar-refractivity contribution in [3.05, 3.63) is 35.7 Å². The van der Waals surface area contributed by atoms with E-state index in [1.165, 1.54) is 44.8 Å². The largest absolute Gasteiger partial charge is 0.496 e. The first kappa shape index (κ1) is 27.1. The number of thiazole rings is 1. The summed E-state index contributed by atoms with van der Waals surface area (Å²) in [6.45, 7) is 2.28. The fraction of sp³-hybridized carbons (Fsp3) is 0.269. The summed E-state index contributed by atoms with van der Waals surface area (Å²) in [6, 6.07) is 8.11. The van der Waals surface area contributed by atoms with Crippen LogP contribution in [0, 0.1) is 12.3 Å². The summed E-state index contributed by atoms with van der Waals surface area (Å²) < 4.78 is 50.8. The van der Waals surface area contributed by atoms with E-state index in [9.17, 15) is 13.2 Å². The first-order valence-corrected chi connectivity index (χ1v) is 14.3. The molecular formula is C26H25N5O7S2. The number of amides is 1. The van der Waals surface area contributed by atoms with Crippen LogP contribution in [-0.4, -0.2) is 76.9 Å². The number of nitrogens with one attached hydrogen (secondary N) is 1. The van der Waals surface area contributed by atoms with Gasteiger partial charge in [-0.05, 0) is 30.2 Å². The predicted molar refractivity (Wildman–Crippen MR) is 150 cm³/mol. The molecule has 1 amide bonds. The van der Waals surface area contributed by atoms with Crippen molar-refractivity contribution in [2.45, 2.75) is 4.90 Å². The van der Waals surface area contributed by atoms with Crippen LogP contribution in [0.25, 0.3) is 22.2 Å². The van der Waals surface area contributed by atoms with Crippen LogP contribution in [-0.2, 0) is 14.8 Å². The molecule has 1 aliphatic heterocycles. The highest BCUT2D eigenvalue weighted by Crippen LogP contribution is 2.40. The topological polar surface area (TPSA) is 136 Å². The van der Waals surface area contributed by atoms with E-state index in [0.29, 0.717) is 54.2 Å². The Kier molecular flexibility index (Phi) is 7.42. The number of fused-ring (bicyclic) bond motifs is 1. The van der Waals surface area contributed by atoms with Crippen LogP contribution in [0.1, 0.15) is 0 Å². The first-order chi connectivity index (χ1) is 19.3. The number of hydrogen-bond acceptors (Lipinski definition) is 11. The van der Waals surface area contributed by atoms with Crippen molar-refractivity contribution < 1.29 is 31.9 Å². The quantitative estimate of drug-likeness (QED) is 0.308. The third kappa shape index (κ3) is 4.96. The molecule has 0 aliphatic carbocycles. The second kappa shape index (κ2) is 10.9. The summed E-state index contributed by atoms with van der Waals surface area (Å²) in [6.07, 6.45) is 5.23. The molecule has 14 heteroatoms. The lowest BCUT2D eigenvalue weighted by Gasteiger charge is -2.33. The van der Waals surface area contributed by atoms with Crippen molar-refractivity contribution in [2.75, 3.05) is 57.1 Å². The number of nitrogens with zero attached hydrogens (tertiary/aromatic N) is 4. The molecule has 2 aromatic carbocycles. The fourth-order valence-electron chi connectivity index (χ4n) is 4.41.